The number of pyridine rings is 1. The van der Waals surface area contributed by atoms with Crippen molar-refractivity contribution in [3.05, 3.63) is 59.5 Å². The van der Waals surface area contributed by atoms with Crippen molar-refractivity contribution in [1.82, 2.24) is 10.3 Å². The molecule has 1 aliphatic rings. The van der Waals surface area contributed by atoms with Gasteiger partial charge in [-0.05, 0) is 35.9 Å². The number of aromatic nitrogens is 1. The third-order valence-electron chi connectivity index (χ3n) is 3.54. The summed E-state index contributed by atoms with van der Waals surface area (Å²) in [5, 5.41) is 2.78. The highest BCUT2D eigenvalue weighted by molar-refractivity contribution is 7.99. The van der Waals surface area contributed by atoms with Crippen LogP contribution in [-0.4, -0.2) is 28.5 Å². The molecule has 1 aromatic heterocycles. The number of halogens is 1. The van der Waals surface area contributed by atoms with Crippen molar-refractivity contribution in [3.8, 4) is 5.88 Å². The van der Waals surface area contributed by atoms with E-state index in [1.165, 1.54) is 18.3 Å². The summed E-state index contributed by atoms with van der Waals surface area (Å²) in [6, 6.07) is 9.45. The van der Waals surface area contributed by atoms with Gasteiger partial charge in [0.1, 0.15) is 11.9 Å². The Kier molecular flexibility index (Phi) is 5.12. The summed E-state index contributed by atoms with van der Waals surface area (Å²) in [5.41, 5.74) is 1.31. The summed E-state index contributed by atoms with van der Waals surface area (Å²) in [5.74, 6) is 2.15. The van der Waals surface area contributed by atoms with E-state index in [-0.39, 0.29) is 17.8 Å². The van der Waals surface area contributed by atoms with Crippen molar-refractivity contribution in [2.45, 2.75) is 19.1 Å². The average Bonchev–Trinajstić information content (AvgIpc) is 3.08. The fourth-order valence-corrected chi connectivity index (χ4v) is 3.34. The molecule has 1 saturated heterocycles. The molecule has 0 unspecified atom stereocenters. The van der Waals surface area contributed by atoms with Crippen molar-refractivity contribution in [2.75, 3.05) is 11.5 Å². The number of carbonyl (C=O) groups is 1. The molecule has 6 heteroatoms. The number of benzene rings is 1. The molecule has 120 valence electrons. The highest BCUT2D eigenvalue weighted by Crippen LogP contribution is 2.21. The van der Waals surface area contributed by atoms with Gasteiger partial charge in [0.2, 0.25) is 5.88 Å². The first-order valence-corrected chi connectivity index (χ1v) is 8.59. The maximum Gasteiger partial charge on any atom is 0.253 e. The van der Waals surface area contributed by atoms with E-state index in [4.69, 9.17) is 4.74 Å². The quantitative estimate of drug-likeness (QED) is 0.914. The van der Waals surface area contributed by atoms with Crippen molar-refractivity contribution >= 4 is 17.7 Å². The number of thioether (sulfide) groups is 1. The predicted octanol–water partition coefficient (Wildman–Crippen LogP) is 3.04. The molecule has 0 bridgehead atoms. The largest absolute Gasteiger partial charge is 0.473 e. The van der Waals surface area contributed by atoms with Gasteiger partial charge in [-0.3, -0.25) is 4.79 Å². The lowest BCUT2D eigenvalue weighted by Gasteiger charge is -2.11. The monoisotopic (exact) mass is 332 g/mol. The van der Waals surface area contributed by atoms with Crippen molar-refractivity contribution in [3.63, 3.8) is 0 Å². The molecular formula is C17H17FN2O2S. The Hall–Kier alpha value is -2.08. The van der Waals surface area contributed by atoms with Crippen LogP contribution in [0.4, 0.5) is 4.39 Å². The topological polar surface area (TPSA) is 51.2 Å². The van der Waals surface area contributed by atoms with E-state index in [1.54, 1.807) is 24.3 Å². The Morgan fingerprint density at radius 2 is 2.13 bits per heavy atom. The fraction of sp³-hybridized carbons (Fsp3) is 0.294. The molecule has 1 N–H and O–H groups in total. The Morgan fingerprint density at radius 3 is 2.78 bits per heavy atom. The molecule has 1 aromatic carbocycles. The van der Waals surface area contributed by atoms with Crippen LogP contribution in [0.15, 0.2) is 42.6 Å². The second kappa shape index (κ2) is 7.46. The fourth-order valence-electron chi connectivity index (χ4n) is 2.25. The Labute approximate surface area is 138 Å². The van der Waals surface area contributed by atoms with E-state index in [2.05, 4.69) is 10.3 Å². The van der Waals surface area contributed by atoms with Gasteiger partial charge in [-0.1, -0.05) is 12.1 Å². The van der Waals surface area contributed by atoms with Gasteiger partial charge in [0.05, 0.1) is 5.56 Å². The summed E-state index contributed by atoms with van der Waals surface area (Å²) < 4.78 is 18.6. The maximum absolute atomic E-state index is 12.8. The van der Waals surface area contributed by atoms with Crippen LogP contribution < -0.4 is 10.1 Å². The Balaban J connectivity index is 1.53. The van der Waals surface area contributed by atoms with Crippen molar-refractivity contribution in [2.24, 2.45) is 0 Å². The van der Waals surface area contributed by atoms with E-state index >= 15 is 0 Å². The number of ether oxygens (including phenoxy) is 1. The first-order valence-electron chi connectivity index (χ1n) is 7.44. The average molecular weight is 332 g/mol. The summed E-state index contributed by atoms with van der Waals surface area (Å²) in [6.07, 6.45) is 2.76. The van der Waals surface area contributed by atoms with Gasteiger partial charge in [-0.15, -0.1) is 0 Å². The molecule has 4 nitrogen and oxygen atoms in total. The normalized spacial score (nSPS) is 17.0. The van der Waals surface area contributed by atoms with E-state index < -0.39 is 0 Å². The van der Waals surface area contributed by atoms with Gasteiger partial charge in [-0.2, -0.15) is 11.8 Å². The molecule has 0 aliphatic carbocycles. The smallest absolute Gasteiger partial charge is 0.253 e. The zero-order valence-corrected chi connectivity index (χ0v) is 13.3. The number of hydrogen-bond acceptors (Lipinski definition) is 4. The number of nitrogens with zero attached hydrogens (tertiary/aromatic N) is 1. The van der Waals surface area contributed by atoms with Crippen molar-refractivity contribution < 1.29 is 13.9 Å². The van der Waals surface area contributed by atoms with Gasteiger partial charge in [0.25, 0.3) is 5.91 Å². The third-order valence-corrected chi connectivity index (χ3v) is 4.67. The lowest BCUT2D eigenvalue weighted by atomic mass is 10.2. The molecule has 2 heterocycles. The van der Waals surface area contributed by atoms with E-state index in [0.717, 1.165) is 23.5 Å². The van der Waals surface area contributed by atoms with Gasteiger partial charge in [-0.25, -0.2) is 9.37 Å². The molecule has 1 aliphatic heterocycles. The molecule has 0 saturated carbocycles. The minimum absolute atomic E-state index is 0.214. The van der Waals surface area contributed by atoms with Crippen LogP contribution in [0.2, 0.25) is 0 Å². The third kappa shape index (κ3) is 4.45. The predicted molar refractivity (Wildman–Crippen MR) is 88.2 cm³/mol. The number of amides is 1. The maximum atomic E-state index is 12.8. The number of hydrogen-bond donors (Lipinski definition) is 1. The van der Waals surface area contributed by atoms with Gasteiger partial charge < -0.3 is 10.1 Å². The first kappa shape index (κ1) is 15.8. The van der Waals surface area contributed by atoms with Crippen LogP contribution in [0.25, 0.3) is 0 Å². The first-order chi connectivity index (χ1) is 11.2. The molecule has 1 atom stereocenters. The number of nitrogens with one attached hydrogen (secondary N) is 1. The van der Waals surface area contributed by atoms with Crippen molar-refractivity contribution in [1.29, 1.82) is 0 Å². The molecule has 0 radical (unpaired) electrons. The molecule has 23 heavy (non-hydrogen) atoms. The summed E-state index contributed by atoms with van der Waals surface area (Å²) in [4.78, 5) is 16.3. The summed E-state index contributed by atoms with van der Waals surface area (Å²) >= 11 is 1.87. The number of rotatable bonds is 5. The lowest BCUT2D eigenvalue weighted by molar-refractivity contribution is 0.0950. The van der Waals surface area contributed by atoms with Gasteiger partial charge >= 0.3 is 0 Å². The van der Waals surface area contributed by atoms with Crippen LogP contribution in [0.5, 0.6) is 5.88 Å². The summed E-state index contributed by atoms with van der Waals surface area (Å²) in [7, 11) is 0. The van der Waals surface area contributed by atoms with Gasteiger partial charge in [0.15, 0.2) is 0 Å². The minimum Gasteiger partial charge on any atom is -0.473 e. The molecule has 3 rings (SSSR count). The number of carbonyl (C=O) groups excluding carboxylic acids is 1. The highest BCUT2D eigenvalue weighted by Gasteiger charge is 2.17. The molecule has 1 amide bonds. The van der Waals surface area contributed by atoms with Crippen LogP contribution in [-0.2, 0) is 6.54 Å². The van der Waals surface area contributed by atoms with Crippen LogP contribution in [0, 0.1) is 5.82 Å². The van der Waals surface area contributed by atoms with Crippen LogP contribution in [0.3, 0.4) is 0 Å². The summed E-state index contributed by atoms with van der Waals surface area (Å²) in [6.45, 7) is 0.344. The van der Waals surface area contributed by atoms with E-state index in [0.29, 0.717) is 18.0 Å². The second-order valence-corrected chi connectivity index (χ2v) is 6.45. The highest BCUT2D eigenvalue weighted by atomic mass is 32.2. The molecule has 0 spiro atoms. The van der Waals surface area contributed by atoms with E-state index in [9.17, 15) is 9.18 Å². The van der Waals surface area contributed by atoms with Crippen LogP contribution >= 0.6 is 11.8 Å². The zero-order valence-electron chi connectivity index (χ0n) is 12.5. The standard InChI is InChI=1S/C17H17FN2O2S/c18-14-4-1-12(2-5-14)9-20-17(21)13-3-6-16(19-10-13)22-15-7-8-23-11-15/h1-6,10,15H,7-9,11H2,(H,20,21)/t15-/m0/s1. The van der Waals surface area contributed by atoms with Crippen LogP contribution in [0.1, 0.15) is 22.3 Å². The Bertz CT molecular complexity index is 655. The minimum atomic E-state index is -0.291. The van der Waals surface area contributed by atoms with Gasteiger partial charge in [0, 0.05) is 24.6 Å². The van der Waals surface area contributed by atoms with E-state index in [1.807, 2.05) is 11.8 Å². The lowest BCUT2D eigenvalue weighted by Crippen LogP contribution is -2.23. The molecular weight excluding hydrogens is 315 g/mol. The molecule has 2 aromatic rings. The molecule has 1 fully saturated rings. The Morgan fingerprint density at radius 1 is 1.30 bits per heavy atom. The zero-order chi connectivity index (χ0) is 16.1. The SMILES string of the molecule is O=C(NCc1ccc(F)cc1)c1ccc(O[C@H]2CCSC2)nc1. The second-order valence-electron chi connectivity index (χ2n) is 5.30.